The third kappa shape index (κ3) is 3.35. The summed E-state index contributed by atoms with van der Waals surface area (Å²) in [6, 6.07) is 8.04. The number of nitrogens with zero attached hydrogens (tertiary/aromatic N) is 1. The molecule has 2 aromatic rings. The predicted octanol–water partition coefficient (Wildman–Crippen LogP) is 3.04. The van der Waals surface area contributed by atoms with Crippen molar-refractivity contribution in [2.24, 2.45) is 0 Å². The van der Waals surface area contributed by atoms with Crippen molar-refractivity contribution in [3.8, 4) is 0 Å². The molecule has 5 nitrogen and oxygen atoms in total. The van der Waals surface area contributed by atoms with E-state index >= 15 is 0 Å². The van der Waals surface area contributed by atoms with E-state index in [-0.39, 0.29) is 11.0 Å². The number of sulfonamides is 1. The van der Waals surface area contributed by atoms with E-state index in [4.69, 9.17) is 16.4 Å². The molecule has 0 bridgehead atoms. The maximum absolute atomic E-state index is 12.2. The van der Waals surface area contributed by atoms with Crippen molar-refractivity contribution in [2.75, 3.05) is 0 Å². The summed E-state index contributed by atoms with van der Waals surface area (Å²) in [6.45, 7) is 0. The zero-order valence-corrected chi connectivity index (χ0v) is 12.8. The zero-order chi connectivity index (χ0) is 14.9. The number of aromatic nitrogens is 1. The number of halogens is 1. The van der Waals surface area contributed by atoms with E-state index in [2.05, 4.69) is 9.87 Å². The van der Waals surface area contributed by atoms with Gasteiger partial charge in [-0.15, -0.1) is 0 Å². The molecule has 0 radical (unpaired) electrons. The highest BCUT2D eigenvalue weighted by molar-refractivity contribution is 7.89. The second-order valence-corrected chi connectivity index (χ2v) is 7.13. The lowest BCUT2D eigenvalue weighted by atomic mass is 10.2. The summed E-state index contributed by atoms with van der Waals surface area (Å²) in [4.78, 5) is 11.8. The topological polar surface area (TPSA) is 68.3 Å². The van der Waals surface area contributed by atoms with E-state index in [1.807, 2.05) is 0 Å². The number of nitrogens with one attached hydrogen (secondary N) is 1. The minimum Gasteiger partial charge on any atom is -0.284 e. The van der Waals surface area contributed by atoms with Crippen molar-refractivity contribution in [3.63, 3.8) is 0 Å². The van der Waals surface area contributed by atoms with Crippen molar-refractivity contribution < 1.29 is 13.3 Å². The van der Waals surface area contributed by atoms with E-state index in [1.54, 1.807) is 24.3 Å². The van der Waals surface area contributed by atoms with Crippen molar-refractivity contribution in [1.29, 1.82) is 0 Å². The zero-order valence-electron chi connectivity index (χ0n) is 11.3. The number of hydrogen-bond donors (Lipinski definition) is 1. The van der Waals surface area contributed by atoms with Gasteiger partial charge >= 0.3 is 0 Å². The fraction of sp³-hybridized carbons (Fsp3) is 0.357. The quantitative estimate of drug-likeness (QED) is 0.692. The highest BCUT2D eigenvalue weighted by atomic mass is 35.5. The summed E-state index contributed by atoms with van der Waals surface area (Å²) in [5.41, 5.74) is 0.651. The van der Waals surface area contributed by atoms with Crippen LogP contribution < -0.4 is 4.89 Å². The normalized spacial score (nSPS) is 16.6. The number of hydrogen-bond acceptors (Lipinski definition) is 4. The van der Waals surface area contributed by atoms with Crippen LogP contribution in [0.25, 0.3) is 10.9 Å². The number of benzene rings is 1. The fourth-order valence-electron chi connectivity index (χ4n) is 2.43. The lowest BCUT2D eigenvalue weighted by molar-refractivity contribution is 0.0223. The molecule has 1 aromatic heterocycles. The Morgan fingerprint density at radius 2 is 1.95 bits per heavy atom. The maximum atomic E-state index is 12.2. The molecule has 0 amide bonds. The van der Waals surface area contributed by atoms with Gasteiger partial charge in [0, 0.05) is 5.39 Å². The van der Waals surface area contributed by atoms with Crippen LogP contribution in [0.4, 0.5) is 0 Å². The highest BCUT2D eigenvalue weighted by Crippen LogP contribution is 2.22. The van der Waals surface area contributed by atoms with E-state index in [9.17, 15) is 8.42 Å². The van der Waals surface area contributed by atoms with E-state index < -0.39 is 10.0 Å². The molecule has 21 heavy (non-hydrogen) atoms. The molecule has 1 aromatic carbocycles. The molecular weight excluding hydrogens is 312 g/mol. The summed E-state index contributed by atoms with van der Waals surface area (Å²) in [5.74, 6) is 0. The molecule has 7 heteroatoms. The monoisotopic (exact) mass is 326 g/mol. The van der Waals surface area contributed by atoms with Crippen LogP contribution in [-0.2, 0) is 14.9 Å². The Hall–Kier alpha value is -1.21. The van der Waals surface area contributed by atoms with Crippen LogP contribution in [0.15, 0.2) is 35.2 Å². The first kappa shape index (κ1) is 14.7. The van der Waals surface area contributed by atoms with Gasteiger partial charge in [0.15, 0.2) is 0 Å². The summed E-state index contributed by atoms with van der Waals surface area (Å²) >= 11 is 5.81. The summed E-state index contributed by atoms with van der Waals surface area (Å²) < 4.78 is 24.4. The van der Waals surface area contributed by atoms with Gasteiger partial charge in [0.25, 0.3) is 10.0 Å². The molecule has 1 fully saturated rings. The summed E-state index contributed by atoms with van der Waals surface area (Å²) in [6.07, 6.45) is 3.91. The standard InChI is InChI=1S/C14H15ClN2O3S/c15-14-8-5-10-9-12(6-7-13(10)16-14)21(18,19)17-20-11-3-1-2-4-11/h5-9,11,17H,1-4H2. The van der Waals surface area contributed by atoms with E-state index in [1.165, 1.54) is 6.07 Å². The second kappa shape index (κ2) is 5.88. The van der Waals surface area contributed by atoms with Gasteiger partial charge in [-0.25, -0.2) is 13.4 Å². The average molecular weight is 327 g/mol. The first-order chi connectivity index (χ1) is 10.0. The van der Waals surface area contributed by atoms with Crippen LogP contribution in [-0.4, -0.2) is 19.5 Å². The Morgan fingerprint density at radius 3 is 2.71 bits per heavy atom. The van der Waals surface area contributed by atoms with Crippen LogP contribution in [0.2, 0.25) is 5.15 Å². The Bertz CT molecular complexity index is 758. The van der Waals surface area contributed by atoms with E-state index in [0.29, 0.717) is 16.1 Å². The van der Waals surface area contributed by atoms with Crippen LogP contribution >= 0.6 is 11.6 Å². The van der Waals surface area contributed by atoms with Gasteiger partial charge in [-0.05, 0) is 43.2 Å². The van der Waals surface area contributed by atoms with Crippen LogP contribution in [0.1, 0.15) is 25.7 Å². The molecular formula is C14H15ClN2O3S. The second-order valence-electron chi connectivity index (χ2n) is 5.10. The third-order valence-electron chi connectivity index (χ3n) is 3.56. The lowest BCUT2D eigenvalue weighted by Crippen LogP contribution is -2.28. The molecule has 0 aliphatic heterocycles. The van der Waals surface area contributed by atoms with Gasteiger partial charge in [0.2, 0.25) is 0 Å². The Morgan fingerprint density at radius 1 is 1.19 bits per heavy atom. The third-order valence-corrected chi connectivity index (χ3v) is 4.96. The minimum atomic E-state index is -3.68. The Balaban J connectivity index is 1.82. The molecule has 112 valence electrons. The fourth-order valence-corrected chi connectivity index (χ4v) is 3.47. The first-order valence-corrected chi connectivity index (χ1v) is 8.64. The van der Waals surface area contributed by atoms with Crippen molar-refractivity contribution in [3.05, 3.63) is 35.5 Å². The lowest BCUT2D eigenvalue weighted by Gasteiger charge is -2.12. The average Bonchev–Trinajstić information content (AvgIpc) is 2.98. The first-order valence-electron chi connectivity index (χ1n) is 6.78. The van der Waals surface area contributed by atoms with Crippen LogP contribution in [0, 0.1) is 0 Å². The van der Waals surface area contributed by atoms with Crippen molar-refractivity contribution >= 4 is 32.5 Å². The van der Waals surface area contributed by atoms with Gasteiger partial charge in [0.1, 0.15) is 5.15 Å². The van der Waals surface area contributed by atoms with Gasteiger partial charge in [-0.1, -0.05) is 29.3 Å². The molecule has 1 N–H and O–H groups in total. The van der Waals surface area contributed by atoms with Crippen LogP contribution in [0.3, 0.4) is 0 Å². The van der Waals surface area contributed by atoms with Crippen LogP contribution in [0.5, 0.6) is 0 Å². The molecule has 0 atom stereocenters. The Kier molecular flexibility index (Phi) is 4.12. The van der Waals surface area contributed by atoms with Gasteiger partial charge < -0.3 is 0 Å². The molecule has 0 unspecified atom stereocenters. The highest BCUT2D eigenvalue weighted by Gasteiger charge is 2.20. The summed E-state index contributed by atoms with van der Waals surface area (Å²) in [7, 11) is -3.68. The van der Waals surface area contributed by atoms with Crippen molar-refractivity contribution in [1.82, 2.24) is 9.87 Å². The smallest absolute Gasteiger partial charge is 0.262 e. The molecule has 3 rings (SSSR count). The number of fused-ring (bicyclic) bond motifs is 1. The van der Waals surface area contributed by atoms with Crippen molar-refractivity contribution in [2.45, 2.75) is 36.7 Å². The largest absolute Gasteiger partial charge is 0.284 e. The number of pyridine rings is 1. The molecule has 1 aliphatic rings. The van der Waals surface area contributed by atoms with Gasteiger partial charge in [-0.2, -0.15) is 0 Å². The minimum absolute atomic E-state index is 0.0271. The summed E-state index contributed by atoms with van der Waals surface area (Å²) in [5, 5.41) is 1.09. The molecule has 1 saturated carbocycles. The Labute approximate surface area is 128 Å². The molecule has 0 spiro atoms. The van der Waals surface area contributed by atoms with Gasteiger partial charge in [0.05, 0.1) is 16.5 Å². The molecule has 1 heterocycles. The van der Waals surface area contributed by atoms with E-state index in [0.717, 1.165) is 25.7 Å². The predicted molar refractivity (Wildman–Crippen MR) is 80.4 cm³/mol. The molecule has 0 saturated heterocycles. The van der Waals surface area contributed by atoms with Gasteiger partial charge in [-0.3, -0.25) is 4.84 Å². The number of rotatable bonds is 4. The SMILES string of the molecule is O=S(=O)(NOC1CCCC1)c1ccc2nc(Cl)ccc2c1. The maximum Gasteiger partial charge on any atom is 0.262 e. The molecule has 1 aliphatic carbocycles.